The van der Waals surface area contributed by atoms with E-state index >= 15 is 0 Å². The van der Waals surface area contributed by atoms with Crippen LogP contribution in [-0.2, 0) is 32.0 Å². The van der Waals surface area contributed by atoms with E-state index in [0.717, 1.165) is 0 Å². The van der Waals surface area contributed by atoms with Gasteiger partial charge in [-0.1, -0.05) is 19.1 Å². The molecule has 1 aliphatic rings. The zero-order chi connectivity index (χ0) is 36.1. The second kappa shape index (κ2) is 19.0. The molecule has 3 rings (SSSR count). The lowest BCUT2D eigenvalue weighted by Gasteiger charge is -2.29. The highest BCUT2D eigenvalue weighted by Crippen LogP contribution is 2.31. The standard InChI is InChI=1S/C34H52N8O7/c1-19(10-12-36)30-34(49)41-27(33(48)40-26(5-2-11-35)32(47)39-13-3-4-24(37)18-43)17-23-15-21(7-9-29(23)45)20-6-8-28(44)22(14-20)16-25(38)31(46)42-30/h6-9,14-15,19,24-27,30,43-45H,2-5,10-13,16-18,35-38H2,1H3,(H,39,47)(H,40,48)(H,41,49)(H,42,46)/t19-,24-,25-,26-,27-,30-/m0/s1. The number of nitrogens with two attached hydrogens (primary N) is 4. The lowest BCUT2D eigenvalue weighted by molar-refractivity contribution is -0.134. The molecule has 15 N–H and O–H groups in total. The number of benzene rings is 2. The van der Waals surface area contributed by atoms with Crippen LogP contribution in [0.2, 0.25) is 0 Å². The predicted octanol–water partition coefficient (Wildman–Crippen LogP) is -1.42. The van der Waals surface area contributed by atoms with Crippen LogP contribution in [0.5, 0.6) is 11.5 Å². The first-order valence-corrected chi connectivity index (χ1v) is 16.7. The Balaban J connectivity index is 2.01. The molecule has 0 fully saturated rings. The number of phenols is 2. The van der Waals surface area contributed by atoms with Gasteiger partial charge in [0.25, 0.3) is 0 Å². The van der Waals surface area contributed by atoms with Crippen molar-refractivity contribution in [1.82, 2.24) is 21.3 Å². The van der Waals surface area contributed by atoms with Gasteiger partial charge in [-0.15, -0.1) is 0 Å². The van der Waals surface area contributed by atoms with Gasteiger partial charge in [-0.2, -0.15) is 0 Å². The van der Waals surface area contributed by atoms with Crippen LogP contribution >= 0.6 is 0 Å². The third kappa shape index (κ3) is 11.4. The molecule has 4 bridgehead atoms. The molecule has 1 aliphatic heterocycles. The summed E-state index contributed by atoms with van der Waals surface area (Å²) in [5.74, 6) is -3.11. The molecule has 0 unspecified atom stereocenters. The summed E-state index contributed by atoms with van der Waals surface area (Å²) in [4.78, 5) is 54.3. The van der Waals surface area contributed by atoms with Crippen LogP contribution < -0.4 is 44.2 Å². The van der Waals surface area contributed by atoms with Crippen molar-refractivity contribution in [3.63, 3.8) is 0 Å². The monoisotopic (exact) mass is 684 g/mol. The van der Waals surface area contributed by atoms with Crippen LogP contribution in [-0.4, -0.2) is 95.4 Å². The minimum Gasteiger partial charge on any atom is -0.508 e. The van der Waals surface area contributed by atoms with Crippen LogP contribution in [0.4, 0.5) is 0 Å². The zero-order valence-electron chi connectivity index (χ0n) is 28.0. The topological polar surface area (TPSA) is 281 Å². The van der Waals surface area contributed by atoms with Crippen molar-refractivity contribution in [1.29, 1.82) is 0 Å². The Labute approximate surface area is 286 Å². The normalized spacial score (nSPS) is 20.1. The number of nitrogens with one attached hydrogen (secondary N) is 4. The molecule has 4 amide bonds. The van der Waals surface area contributed by atoms with E-state index in [1.54, 1.807) is 31.2 Å². The maximum absolute atomic E-state index is 14.0. The van der Waals surface area contributed by atoms with Gasteiger partial charge in [0.15, 0.2) is 0 Å². The Morgan fingerprint density at radius 2 is 1.53 bits per heavy atom. The second-order valence-electron chi connectivity index (χ2n) is 12.7. The molecule has 0 aliphatic carbocycles. The Morgan fingerprint density at radius 1 is 0.898 bits per heavy atom. The average Bonchev–Trinajstić information content (AvgIpc) is 3.08. The highest BCUT2D eigenvalue weighted by Gasteiger charge is 2.34. The van der Waals surface area contributed by atoms with E-state index in [9.17, 15) is 29.4 Å². The maximum atomic E-state index is 14.0. The van der Waals surface area contributed by atoms with Crippen molar-refractivity contribution < 1.29 is 34.5 Å². The van der Waals surface area contributed by atoms with Crippen LogP contribution in [0, 0.1) is 5.92 Å². The number of carbonyl (C=O) groups is 4. The van der Waals surface area contributed by atoms with Crippen molar-refractivity contribution in [2.45, 2.75) is 82.1 Å². The summed E-state index contributed by atoms with van der Waals surface area (Å²) in [7, 11) is 0. The van der Waals surface area contributed by atoms with Gasteiger partial charge in [0.1, 0.15) is 29.6 Å². The summed E-state index contributed by atoms with van der Waals surface area (Å²) in [6.07, 6.45) is 1.82. The van der Waals surface area contributed by atoms with E-state index in [2.05, 4.69) is 21.3 Å². The molecule has 2 aromatic carbocycles. The number of aromatic hydroxyl groups is 2. The van der Waals surface area contributed by atoms with E-state index in [-0.39, 0.29) is 57.0 Å². The molecule has 15 heteroatoms. The van der Waals surface area contributed by atoms with E-state index in [1.165, 1.54) is 12.1 Å². The van der Waals surface area contributed by atoms with Crippen molar-refractivity contribution in [2.24, 2.45) is 28.9 Å². The molecule has 2 aromatic rings. The van der Waals surface area contributed by atoms with Gasteiger partial charge in [-0.25, -0.2) is 0 Å². The Bertz CT molecular complexity index is 1440. The molecule has 0 radical (unpaired) electrons. The number of amides is 4. The highest BCUT2D eigenvalue weighted by molar-refractivity contribution is 5.95. The summed E-state index contributed by atoms with van der Waals surface area (Å²) in [6, 6.07) is 4.71. The molecular formula is C34H52N8O7. The first-order valence-electron chi connectivity index (χ1n) is 16.7. The van der Waals surface area contributed by atoms with Gasteiger partial charge in [-0.05, 0) is 97.6 Å². The largest absolute Gasteiger partial charge is 0.508 e. The van der Waals surface area contributed by atoms with Crippen LogP contribution in [0.1, 0.15) is 50.2 Å². The highest BCUT2D eigenvalue weighted by atomic mass is 16.3. The number of fused-ring (bicyclic) bond motifs is 5. The number of rotatable bonds is 14. The van der Waals surface area contributed by atoms with Crippen LogP contribution in [0.3, 0.4) is 0 Å². The predicted molar refractivity (Wildman–Crippen MR) is 185 cm³/mol. The fraction of sp³-hybridized carbons (Fsp3) is 0.529. The van der Waals surface area contributed by atoms with Crippen molar-refractivity contribution in [3.05, 3.63) is 47.5 Å². The molecule has 0 saturated carbocycles. The number of aliphatic hydroxyl groups excluding tert-OH is 1. The summed E-state index contributed by atoms with van der Waals surface area (Å²) in [5.41, 5.74) is 25.5. The number of hydrogen-bond acceptors (Lipinski definition) is 11. The lowest BCUT2D eigenvalue weighted by Crippen LogP contribution is -2.59. The summed E-state index contributed by atoms with van der Waals surface area (Å²) in [6.45, 7) is 2.32. The minimum atomic E-state index is -1.29. The number of hydrogen-bond donors (Lipinski definition) is 11. The summed E-state index contributed by atoms with van der Waals surface area (Å²) >= 11 is 0. The van der Waals surface area contributed by atoms with Crippen molar-refractivity contribution in [2.75, 3.05) is 26.2 Å². The van der Waals surface area contributed by atoms with Gasteiger partial charge in [-0.3, -0.25) is 19.2 Å². The molecule has 0 saturated heterocycles. The minimum absolute atomic E-state index is 0.0262. The van der Waals surface area contributed by atoms with Gasteiger partial charge in [0.2, 0.25) is 23.6 Å². The van der Waals surface area contributed by atoms with Crippen LogP contribution in [0.15, 0.2) is 36.4 Å². The van der Waals surface area contributed by atoms with Crippen molar-refractivity contribution >= 4 is 23.6 Å². The zero-order valence-corrected chi connectivity index (χ0v) is 28.0. The summed E-state index contributed by atoms with van der Waals surface area (Å²) < 4.78 is 0. The van der Waals surface area contributed by atoms with Gasteiger partial charge in [0, 0.05) is 25.4 Å². The number of aliphatic hydroxyl groups is 1. The van der Waals surface area contributed by atoms with Crippen molar-refractivity contribution in [3.8, 4) is 22.6 Å². The van der Waals surface area contributed by atoms with Gasteiger partial charge >= 0.3 is 0 Å². The molecule has 49 heavy (non-hydrogen) atoms. The van der Waals surface area contributed by atoms with E-state index < -0.39 is 59.8 Å². The first kappa shape index (κ1) is 39.2. The third-order valence-corrected chi connectivity index (χ3v) is 8.71. The second-order valence-corrected chi connectivity index (χ2v) is 12.7. The fourth-order valence-electron chi connectivity index (χ4n) is 5.69. The Morgan fingerprint density at radius 3 is 2.12 bits per heavy atom. The molecule has 1 heterocycles. The number of carbonyl (C=O) groups excluding carboxylic acids is 4. The lowest BCUT2D eigenvalue weighted by atomic mass is 9.95. The first-order chi connectivity index (χ1) is 23.4. The summed E-state index contributed by atoms with van der Waals surface area (Å²) in [5, 5.41) is 41.6. The Kier molecular flexibility index (Phi) is 15.2. The molecule has 6 atom stereocenters. The smallest absolute Gasteiger partial charge is 0.243 e. The van der Waals surface area contributed by atoms with Crippen LogP contribution in [0.25, 0.3) is 11.1 Å². The van der Waals surface area contributed by atoms with E-state index in [4.69, 9.17) is 28.0 Å². The van der Waals surface area contributed by atoms with Gasteiger partial charge in [0.05, 0.1) is 12.6 Å². The molecule has 0 aromatic heterocycles. The molecule has 15 nitrogen and oxygen atoms in total. The van der Waals surface area contributed by atoms with E-state index in [0.29, 0.717) is 47.9 Å². The Hall–Kier alpha value is -4.28. The van der Waals surface area contributed by atoms with Gasteiger partial charge < -0.3 is 59.5 Å². The average molecular weight is 685 g/mol. The quantitative estimate of drug-likeness (QED) is 0.103. The fourth-order valence-corrected chi connectivity index (χ4v) is 5.69. The molecule has 0 spiro atoms. The van der Waals surface area contributed by atoms with E-state index in [1.807, 2.05) is 0 Å². The molecular weight excluding hydrogens is 632 g/mol. The SMILES string of the molecule is C[C@@H](CCN)[C@@H]1NC(=O)[C@@H](N)Cc2cc(ccc2O)-c2ccc(O)c(c2)C[C@@H](C(=O)N[C@@H](CCCN)C(=O)NCCC[C@H](N)CO)NC1=O. The number of phenolic OH excluding ortho intramolecular Hbond substituents is 2. The maximum Gasteiger partial charge on any atom is 0.243 e. The third-order valence-electron chi connectivity index (χ3n) is 8.71. The molecule has 270 valence electrons.